The first-order chi connectivity index (χ1) is 38.0. The average Bonchev–Trinajstić information content (AvgIpc) is 3.27. The van der Waals surface area contributed by atoms with Gasteiger partial charge < -0.3 is 0 Å². The predicted octanol–water partition coefficient (Wildman–Crippen LogP) is 15.6. The highest BCUT2D eigenvalue weighted by atomic mass is 19.4. The first-order valence-corrected chi connectivity index (χ1v) is 26.0. The molecule has 0 radical (unpaired) electrons. The van der Waals surface area contributed by atoms with Crippen molar-refractivity contribution in [3.05, 3.63) is 266 Å². The van der Waals surface area contributed by atoms with Crippen molar-refractivity contribution in [2.45, 2.75) is 12.4 Å². The molecule has 0 saturated heterocycles. The lowest BCUT2D eigenvalue weighted by Gasteiger charge is -2.27. The Morgan fingerprint density at radius 3 is 0.808 bits per heavy atom. The van der Waals surface area contributed by atoms with E-state index in [1.165, 1.54) is 24.3 Å². The molecule has 8 heteroatoms. The van der Waals surface area contributed by atoms with Crippen molar-refractivity contribution >= 4 is 122 Å². The van der Waals surface area contributed by atoms with Crippen molar-refractivity contribution in [1.82, 2.24) is 0 Å². The first-order valence-electron chi connectivity index (χ1n) is 26.0. The summed E-state index contributed by atoms with van der Waals surface area (Å²) in [7, 11) is 0. The van der Waals surface area contributed by atoms with Gasteiger partial charge in [0.25, 0.3) is 0 Å². The van der Waals surface area contributed by atoms with Crippen molar-refractivity contribution in [2.24, 2.45) is 0 Å². The van der Waals surface area contributed by atoms with Gasteiger partial charge in [-0.2, -0.15) is 26.3 Å². The SMILES string of the molecule is FC(F)(F)c1ccccc1-c1cc(B(c2cccc3ccccc23)c2cccc3ccccc23)c2ccc3c(-c4ccccc4C(F)(F)F)cc(B(c4cccc5ccccc45)c4cccc5ccccc45)c4ccc1c2c43. The fraction of sp³-hybridized carbons (Fsp3) is 0.0286. The van der Waals surface area contributed by atoms with E-state index in [9.17, 15) is 0 Å². The van der Waals surface area contributed by atoms with Crippen LogP contribution in [-0.4, -0.2) is 13.4 Å². The van der Waals surface area contributed by atoms with Crippen LogP contribution in [0.15, 0.2) is 255 Å². The number of fused-ring (bicyclic) bond motifs is 4. The van der Waals surface area contributed by atoms with Crippen LogP contribution in [0.3, 0.4) is 0 Å². The van der Waals surface area contributed by atoms with Crippen LogP contribution in [0, 0.1) is 0 Å². The second-order valence-corrected chi connectivity index (χ2v) is 20.3. The Labute approximate surface area is 446 Å². The fourth-order valence-electron chi connectivity index (χ4n) is 12.9. The van der Waals surface area contributed by atoms with Crippen LogP contribution in [0.2, 0.25) is 0 Å². The Balaban J connectivity index is 1.21. The highest BCUT2D eigenvalue weighted by molar-refractivity contribution is 7.00. The summed E-state index contributed by atoms with van der Waals surface area (Å²) in [5, 5.41) is 12.0. The molecule has 78 heavy (non-hydrogen) atoms. The van der Waals surface area contributed by atoms with Gasteiger partial charge in [-0.05, 0) is 110 Å². The Kier molecular flexibility index (Phi) is 11.1. The third-order valence-corrected chi connectivity index (χ3v) is 16.2. The van der Waals surface area contributed by atoms with Gasteiger partial charge in [0.2, 0.25) is 13.4 Å². The molecular formula is C70H42B2F6. The lowest BCUT2D eigenvalue weighted by Crippen LogP contribution is -2.53. The van der Waals surface area contributed by atoms with Gasteiger partial charge in [0.15, 0.2) is 0 Å². The van der Waals surface area contributed by atoms with Crippen LogP contribution in [0.4, 0.5) is 26.3 Å². The minimum absolute atomic E-state index is 0.00558. The standard InChI is InChI=1S/C70H42B2F6/c73-69(74,75)59-31-11-9-29-51(59)57-41-65(71(61-33-13-21-43-17-1-5-25-47(43)61)62-34-14-22-44-18-2-6-26-48(44)62)55-39-37-54-58(52-30-10-12-32-60(52)70(76,77)78)42-66(56-40-38-53(57)67(55)68(54)56)72(63-35-15-23-45-19-3-7-27-49(45)63)64-36-16-24-46-20-4-8-28-50(46)64/h1-42H. The summed E-state index contributed by atoms with van der Waals surface area (Å²) in [4.78, 5) is 0. The Morgan fingerprint density at radius 2 is 0.487 bits per heavy atom. The number of halogens is 6. The lowest BCUT2D eigenvalue weighted by atomic mass is 9.34. The topological polar surface area (TPSA) is 0 Å². The van der Waals surface area contributed by atoms with Gasteiger partial charge in [-0.25, -0.2) is 0 Å². The van der Waals surface area contributed by atoms with E-state index in [0.717, 1.165) is 98.8 Å². The number of alkyl halides is 6. The highest BCUT2D eigenvalue weighted by Crippen LogP contribution is 2.46. The third kappa shape index (κ3) is 7.64. The van der Waals surface area contributed by atoms with Crippen LogP contribution in [0.1, 0.15) is 11.1 Å². The van der Waals surface area contributed by atoms with Crippen molar-refractivity contribution in [2.75, 3.05) is 0 Å². The summed E-state index contributed by atoms with van der Waals surface area (Å²) in [5.74, 6) is 0. The molecule has 0 spiro atoms. The minimum atomic E-state index is -4.73. The summed E-state index contributed by atoms with van der Waals surface area (Å²) in [5.41, 5.74) is 4.54. The van der Waals surface area contributed by atoms with Gasteiger partial charge in [-0.1, -0.05) is 275 Å². The van der Waals surface area contributed by atoms with Crippen molar-refractivity contribution in [3.8, 4) is 22.3 Å². The van der Waals surface area contributed by atoms with E-state index in [4.69, 9.17) is 0 Å². The summed E-state index contributed by atoms with van der Waals surface area (Å²) < 4.78 is 93.8. The van der Waals surface area contributed by atoms with Gasteiger partial charge in [-0.3, -0.25) is 0 Å². The second kappa shape index (κ2) is 18.3. The molecule has 0 amide bonds. The van der Waals surface area contributed by atoms with Gasteiger partial charge >= 0.3 is 12.4 Å². The van der Waals surface area contributed by atoms with Crippen LogP contribution < -0.4 is 32.8 Å². The zero-order valence-corrected chi connectivity index (χ0v) is 41.7. The van der Waals surface area contributed by atoms with Crippen LogP contribution >= 0.6 is 0 Å². The second-order valence-electron chi connectivity index (χ2n) is 20.3. The Hall–Kier alpha value is -9.13. The number of hydrogen-bond acceptors (Lipinski definition) is 0. The van der Waals surface area contributed by atoms with E-state index in [1.54, 1.807) is 12.1 Å². The molecule has 14 rings (SSSR count). The van der Waals surface area contributed by atoms with Gasteiger partial charge in [-0.15, -0.1) is 0 Å². The molecule has 0 bridgehead atoms. The molecule has 0 fully saturated rings. The summed E-state index contributed by atoms with van der Waals surface area (Å²) >= 11 is 0. The van der Waals surface area contributed by atoms with Gasteiger partial charge in [0.05, 0.1) is 11.1 Å². The number of benzene rings is 14. The molecule has 0 aliphatic rings. The molecular weight excluding hydrogens is 976 g/mol. The maximum absolute atomic E-state index is 15.6. The maximum Gasteiger partial charge on any atom is 0.417 e. The van der Waals surface area contributed by atoms with E-state index in [2.05, 4.69) is 97.1 Å². The largest absolute Gasteiger partial charge is 0.417 e. The third-order valence-electron chi connectivity index (χ3n) is 16.2. The predicted molar refractivity (Wildman–Crippen MR) is 316 cm³/mol. The van der Waals surface area contributed by atoms with E-state index in [0.29, 0.717) is 32.7 Å². The van der Waals surface area contributed by atoms with Crippen molar-refractivity contribution < 1.29 is 26.3 Å². The van der Waals surface area contributed by atoms with E-state index < -0.39 is 36.9 Å². The molecule has 0 saturated carbocycles. The van der Waals surface area contributed by atoms with Crippen molar-refractivity contribution in [3.63, 3.8) is 0 Å². The van der Waals surface area contributed by atoms with Crippen LogP contribution in [0.5, 0.6) is 0 Å². The summed E-state index contributed by atoms with van der Waals surface area (Å²) in [6, 6.07) is 80.7. The normalized spacial score (nSPS) is 12.2. The van der Waals surface area contributed by atoms with Gasteiger partial charge in [0.1, 0.15) is 0 Å². The molecule has 0 N–H and O–H groups in total. The van der Waals surface area contributed by atoms with Crippen LogP contribution in [0.25, 0.3) is 97.7 Å². The molecule has 0 heterocycles. The lowest BCUT2D eigenvalue weighted by molar-refractivity contribution is -0.137. The fourth-order valence-corrected chi connectivity index (χ4v) is 12.9. The molecule has 0 atom stereocenters. The minimum Gasteiger partial charge on any atom is -0.166 e. The van der Waals surface area contributed by atoms with E-state index in [-0.39, 0.29) is 11.1 Å². The van der Waals surface area contributed by atoms with Crippen molar-refractivity contribution in [1.29, 1.82) is 0 Å². The monoisotopic (exact) mass is 1020 g/mol. The molecule has 0 nitrogen and oxygen atoms in total. The summed E-state index contributed by atoms with van der Waals surface area (Å²) in [6.07, 6.45) is -9.45. The molecule has 0 aromatic heterocycles. The number of rotatable bonds is 8. The number of hydrogen-bond donors (Lipinski definition) is 0. The molecule has 0 aliphatic heterocycles. The molecule has 370 valence electrons. The average molecular weight is 1020 g/mol. The quantitative estimate of drug-likeness (QED) is 0.0808. The van der Waals surface area contributed by atoms with Crippen LogP contribution in [-0.2, 0) is 12.4 Å². The van der Waals surface area contributed by atoms with Gasteiger partial charge in [0, 0.05) is 0 Å². The molecule has 14 aromatic carbocycles. The van der Waals surface area contributed by atoms with E-state index >= 15 is 26.3 Å². The Bertz CT molecular complexity index is 4210. The zero-order valence-electron chi connectivity index (χ0n) is 41.7. The van der Waals surface area contributed by atoms with E-state index in [1.807, 2.05) is 109 Å². The highest BCUT2D eigenvalue weighted by Gasteiger charge is 2.38. The summed E-state index contributed by atoms with van der Waals surface area (Å²) in [6.45, 7) is -1.10. The molecule has 0 unspecified atom stereocenters. The maximum atomic E-state index is 15.6. The first kappa shape index (κ1) is 47.3. The zero-order chi connectivity index (χ0) is 52.9. The molecule has 0 aliphatic carbocycles. The smallest absolute Gasteiger partial charge is 0.166 e. The molecule has 14 aromatic rings. The Morgan fingerprint density at radius 1 is 0.218 bits per heavy atom.